The summed E-state index contributed by atoms with van der Waals surface area (Å²) in [7, 11) is 0. The Balaban J connectivity index is 1.89. The predicted octanol–water partition coefficient (Wildman–Crippen LogP) is 2.04. The van der Waals surface area contributed by atoms with E-state index in [9.17, 15) is 18.7 Å². The summed E-state index contributed by atoms with van der Waals surface area (Å²) in [5, 5.41) is 9.49. The molecule has 0 unspecified atom stereocenters. The number of carbonyl (C=O) groups is 1. The fourth-order valence-electron chi connectivity index (χ4n) is 2.00. The molecule has 1 atom stereocenters. The van der Waals surface area contributed by atoms with Gasteiger partial charge in [0.2, 0.25) is 5.91 Å². The zero-order valence-corrected chi connectivity index (χ0v) is 11.1. The monoisotopic (exact) mass is 287 g/mol. The van der Waals surface area contributed by atoms with E-state index in [0.717, 1.165) is 24.2 Å². The van der Waals surface area contributed by atoms with Gasteiger partial charge in [0.25, 0.3) is 0 Å². The highest BCUT2D eigenvalue weighted by atomic mass is 32.2. The normalized spacial score (nSPS) is 19.5. The molecular formula is C13H15F2NO2S. The van der Waals surface area contributed by atoms with Crippen LogP contribution < -0.4 is 0 Å². The lowest BCUT2D eigenvalue weighted by Gasteiger charge is -2.30. The van der Waals surface area contributed by atoms with Crippen molar-refractivity contribution in [1.82, 2.24) is 4.90 Å². The summed E-state index contributed by atoms with van der Waals surface area (Å²) >= 11 is 1.04. The Morgan fingerprint density at radius 1 is 1.47 bits per heavy atom. The molecule has 1 aromatic rings. The Morgan fingerprint density at radius 2 is 2.26 bits per heavy atom. The molecule has 3 nitrogen and oxygen atoms in total. The van der Waals surface area contributed by atoms with Crippen molar-refractivity contribution in [2.24, 2.45) is 0 Å². The Hall–Kier alpha value is -1.14. The second-order valence-electron chi connectivity index (χ2n) is 4.50. The van der Waals surface area contributed by atoms with Gasteiger partial charge in [-0.15, -0.1) is 11.8 Å². The molecule has 19 heavy (non-hydrogen) atoms. The average Bonchev–Trinajstić information content (AvgIpc) is 2.37. The highest BCUT2D eigenvalue weighted by Crippen LogP contribution is 2.23. The summed E-state index contributed by atoms with van der Waals surface area (Å²) in [6.45, 7) is 0.966. The van der Waals surface area contributed by atoms with Crippen LogP contribution in [0.3, 0.4) is 0 Å². The number of likely N-dealkylation sites (tertiary alicyclic amines) is 1. The topological polar surface area (TPSA) is 40.5 Å². The third-order valence-electron chi connectivity index (χ3n) is 2.99. The van der Waals surface area contributed by atoms with Gasteiger partial charge >= 0.3 is 0 Å². The number of β-amino-alcohol motifs (C(OH)–C–C–N with tert-alkyl or cyclic N) is 1. The third kappa shape index (κ3) is 3.91. The van der Waals surface area contributed by atoms with Crippen LogP contribution in [0.1, 0.15) is 12.8 Å². The van der Waals surface area contributed by atoms with Gasteiger partial charge in [-0.1, -0.05) is 0 Å². The summed E-state index contributed by atoms with van der Waals surface area (Å²) in [6.07, 6.45) is 1.02. The SMILES string of the molecule is O=C(CSc1ccc(F)cc1F)N1CCC[C@H](O)C1. The zero-order valence-electron chi connectivity index (χ0n) is 10.3. The van der Waals surface area contributed by atoms with Gasteiger partial charge in [-0.05, 0) is 25.0 Å². The maximum Gasteiger partial charge on any atom is 0.233 e. The van der Waals surface area contributed by atoms with Gasteiger partial charge in [0.1, 0.15) is 11.6 Å². The Kier molecular flexibility index (Phi) is 4.76. The lowest BCUT2D eigenvalue weighted by Crippen LogP contribution is -2.42. The number of benzene rings is 1. The van der Waals surface area contributed by atoms with Gasteiger partial charge in [-0.3, -0.25) is 4.79 Å². The van der Waals surface area contributed by atoms with Crippen molar-refractivity contribution in [3.8, 4) is 0 Å². The molecule has 1 amide bonds. The molecule has 1 aliphatic heterocycles. The van der Waals surface area contributed by atoms with E-state index in [1.165, 1.54) is 12.1 Å². The van der Waals surface area contributed by atoms with E-state index in [4.69, 9.17) is 0 Å². The number of nitrogens with zero attached hydrogens (tertiary/aromatic N) is 1. The Bertz CT molecular complexity index is 470. The van der Waals surface area contributed by atoms with Crippen molar-refractivity contribution < 1.29 is 18.7 Å². The molecular weight excluding hydrogens is 272 g/mol. The third-order valence-corrected chi connectivity index (χ3v) is 4.03. The minimum atomic E-state index is -0.656. The van der Waals surface area contributed by atoms with Crippen LogP contribution in [-0.4, -0.2) is 40.9 Å². The second-order valence-corrected chi connectivity index (χ2v) is 5.52. The van der Waals surface area contributed by atoms with Crippen molar-refractivity contribution in [3.05, 3.63) is 29.8 Å². The number of hydrogen-bond donors (Lipinski definition) is 1. The fraction of sp³-hybridized carbons (Fsp3) is 0.462. The largest absolute Gasteiger partial charge is 0.391 e. The van der Waals surface area contributed by atoms with E-state index in [-0.39, 0.29) is 16.6 Å². The average molecular weight is 287 g/mol. The number of amides is 1. The molecule has 0 spiro atoms. The summed E-state index contributed by atoms with van der Waals surface area (Å²) in [5.74, 6) is -1.33. The molecule has 0 radical (unpaired) electrons. The van der Waals surface area contributed by atoms with Crippen LogP contribution in [0.25, 0.3) is 0 Å². The summed E-state index contributed by atoms with van der Waals surface area (Å²) < 4.78 is 26.1. The van der Waals surface area contributed by atoms with Crippen LogP contribution in [-0.2, 0) is 4.79 Å². The first-order chi connectivity index (χ1) is 9.06. The van der Waals surface area contributed by atoms with E-state index in [1.54, 1.807) is 4.90 Å². The lowest BCUT2D eigenvalue weighted by molar-refractivity contribution is -0.131. The van der Waals surface area contributed by atoms with Crippen molar-refractivity contribution in [2.75, 3.05) is 18.8 Å². The van der Waals surface area contributed by atoms with E-state index in [2.05, 4.69) is 0 Å². The number of piperidine rings is 1. The molecule has 0 aliphatic carbocycles. The van der Waals surface area contributed by atoms with Gasteiger partial charge in [0.05, 0.1) is 11.9 Å². The molecule has 1 heterocycles. The van der Waals surface area contributed by atoms with E-state index in [1.807, 2.05) is 0 Å². The van der Waals surface area contributed by atoms with Crippen LogP contribution in [0, 0.1) is 11.6 Å². The van der Waals surface area contributed by atoms with Crippen LogP contribution in [0.5, 0.6) is 0 Å². The van der Waals surface area contributed by atoms with Crippen LogP contribution >= 0.6 is 11.8 Å². The summed E-state index contributed by atoms with van der Waals surface area (Å²) in [4.78, 5) is 13.7. The minimum absolute atomic E-state index is 0.0925. The van der Waals surface area contributed by atoms with E-state index < -0.39 is 17.7 Å². The van der Waals surface area contributed by atoms with Crippen molar-refractivity contribution in [3.63, 3.8) is 0 Å². The van der Waals surface area contributed by atoms with Gasteiger partial charge in [0.15, 0.2) is 0 Å². The number of hydrogen-bond acceptors (Lipinski definition) is 3. The number of rotatable bonds is 3. The van der Waals surface area contributed by atoms with Crippen LogP contribution in [0.4, 0.5) is 8.78 Å². The number of halogens is 2. The van der Waals surface area contributed by atoms with E-state index >= 15 is 0 Å². The molecule has 104 valence electrons. The quantitative estimate of drug-likeness (QED) is 0.865. The molecule has 0 aromatic heterocycles. The van der Waals surface area contributed by atoms with Gasteiger partial charge in [-0.25, -0.2) is 8.78 Å². The zero-order chi connectivity index (χ0) is 13.8. The Labute approximate surface area is 114 Å². The van der Waals surface area contributed by atoms with Gasteiger partial charge in [-0.2, -0.15) is 0 Å². The summed E-state index contributed by atoms with van der Waals surface area (Å²) in [5.41, 5.74) is 0. The van der Waals surface area contributed by atoms with Crippen molar-refractivity contribution in [1.29, 1.82) is 0 Å². The maximum absolute atomic E-state index is 13.4. The van der Waals surface area contributed by atoms with E-state index in [0.29, 0.717) is 19.5 Å². The standard InChI is InChI=1S/C13H15F2NO2S/c14-9-3-4-12(11(15)6-9)19-8-13(18)16-5-1-2-10(17)7-16/h3-4,6,10,17H,1-2,5,7-8H2/t10-/m0/s1. The summed E-state index contributed by atoms with van der Waals surface area (Å²) in [6, 6.07) is 3.30. The molecule has 1 fully saturated rings. The maximum atomic E-state index is 13.4. The molecule has 1 saturated heterocycles. The van der Waals surface area contributed by atoms with Crippen molar-refractivity contribution >= 4 is 17.7 Å². The smallest absolute Gasteiger partial charge is 0.233 e. The molecule has 0 bridgehead atoms. The first-order valence-electron chi connectivity index (χ1n) is 6.10. The predicted molar refractivity (Wildman–Crippen MR) is 68.9 cm³/mol. The first-order valence-corrected chi connectivity index (χ1v) is 7.08. The fourth-order valence-corrected chi connectivity index (χ4v) is 2.83. The molecule has 6 heteroatoms. The number of carbonyl (C=O) groups excluding carboxylic acids is 1. The van der Waals surface area contributed by atoms with Crippen molar-refractivity contribution in [2.45, 2.75) is 23.8 Å². The molecule has 1 aliphatic rings. The minimum Gasteiger partial charge on any atom is -0.391 e. The Morgan fingerprint density at radius 3 is 2.95 bits per heavy atom. The molecule has 0 saturated carbocycles. The molecule has 1 N–H and O–H groups in total. The lowest BCUT2D eigenvalue weighted by atomic mass is 10.1. The molecule has 1 aromatic carbocycles. The number of aliphatic hydroxyl groups excluding tert-OH is 1. The van der Waals surface area contributed by atoms with Gasteiger partial charge < -0.3 is 10.0 Å². The highest BCUT2D eigenvalue weighted by Gasteiger charge is 2.22. The highest BCUT2D eigenvalue weighted by molar-refractivity contribution is 8.00. The first kappa shape index (κ1) is 14.3. The van der Waals surface area contributed by atoms with Crippen LogP contribution in [0.15, 0.2) is 23.1 Å². The number of thioether (sulfide) groups is 1. The molecule has 2 rings (SSSR count). The van der Waals surface area contributed by atoms with Gasteiger partial charge in [0, 0.05) is 24.1 Å². The second kappa shape index (κ2) is 6.34. The van der Waals surface area contributed by atoms with Crippen LogP contribution in [0.2, 0.25) is 0 Å². The number of aliphatic hydroxyl groups is 1.